The Morgan fingerprint density at radius 1 is 1.15 bits per heavy atom. The van der Waals surface area contributed by atoms with Crippen LogP contribution in [-0.4, -0.2) is 25.8 Å². The van der Waals surface area contributed by atoms with E-state index in [1.54, 1.807) is 6.20 Å². The quantitative estimate of drug-likeness (QED) is 0.538. The monoisotopic (exact) mass is 364 g/mol. The van der Waals surface area contributed by atoms with Crippen LogP contribution in [0.3, 0.4) is 0 Å². The molecule has 0 aliphatic rings. The van der Waals surface area contributed by atoms with Crippen molar-refractivity contribution in [3.8, 4) is 0 Å². The minimum Gasteiger partial charge on any atom is -0.341 e. The first kappa shape index (κ1) is 16.7. The fourth-order valence-corrected chi connectivity index (χ4v) is 4.02. The van der Waals surface area contributed by atoms with Crippen LogP contribution >= 0.6 is 11.8 Å². The number of thioether (sulfide) groups is 1. The van der Waals surface area contributed by atoms with E-state index < -0.39 is 0 Å². The predicted octanol–water partition coefficient (Wildman–Crippen LogP) is 4.28. The zero-order valence-corrected chi connectivity index (χ0v) is 15.6. The van der Waals surface area contributed by atoms with Gasteiger partial charge in [-0.2, -0.15) is 0 Å². The van der Waals surface area contributed by atoms with Crippen molar-refractivity contribution in [2.75, 3.05) is 11.1 Å². The summed E-state index contributed by atoms with van der Waals surface area (Å²) in [6.07, 6.45) is 3.61. The number of hydrogen-bond donors (Lipinski definition) is 1. The number of carbonyl (C=O) groups excluding carboxylic acids is 1. The lowest BCUT2D eigenvalue weighted by Crippen LogP contribution is -2.14. The minimum absolute atomic E-state index is 0.0309. The molecule has 1 amide bonds. The molecule has 0 aliphatic heterocycles. The number of imidazole rings is 1. The van der Waals surface area contributed by atoms with Crippen molar-refractivity contribution in [3.63, 3.8) is 0 Å². The molecule has 2 heterocycles. The highest BCUT2D eigenvalue weighted by Crippen LogP contribution is 2.31. The average molecular weight is 364 g/mol. The molecule has 0 unspecified atom stereocenters. The van der Waals surface area contributed by atoms with Crippen molar-refractivity contribution < 1.29 is 4.79 Å². The highest BCUT2D eigenvalue weighted by atomic mass is 32.2. The van der Waals surface area contributed by atoms with Crippen LogP contribution in [0, 0.1) is 0 Å². The number of carbonyl (C=O) groups is 1. The summed E-state index contributed by atoms with van der Waals surface area (Å²) in [5.41, 5.74) is 3.23. The first-order chi connectivity index (χ1) is 12.7. The Bertz CT molecular complexity index is 1100. The lowest BCUT2D eigenvalue weighted by atomic mass is 10.1. The van der Waals surface area contributed by atoms with Gasteiger partial charge in [0.1, 0.15) is 0 Å². The van der Waals surface area contributed by atoms with E-state index in [0.717, 1.165) is 22.8 Å². The van der Waals surface area contributed by atoms with Gasteiger partial charge in [0, 0.05) is 53.5 Å². The molecule has 0 saturated carbocycles. The van der Waals surface area contributed by atoms with Gasteiger partial charge in [-0.05, 0) is 31.2 Å². The Balaban J connectivity index is 1.58. The third kappa shape index (κ3) is 2.97. The molecule has 0 spiro atoms. The maximum Gasteiger partial charge on any atom is 0.234 e. The molecule has 0 aliphatic carbocycles. The van der Waals surface area contributed by atoms with Crippen molar-refractivity contribution in [1.82, 2.24) is 14.1 Å². The van der Waals surface area contributed by atoms with Gasteiger partial charge in [0.15, 0.2) is 5.16 Å². The number of rotatable bonds is 5. The minimum atomic E-state index is -0.0309. The SMILES string of the molecule is CCn1c2ccccc2c2cc(NC(=O)CSc3nccn3C)ccc21. The van der Waals surface area contributed by atoms with Gasteiger partial charge < -0.3 is 14.5 Å². The third-order valence-electron chi connectivity index (χ3n) is 4.48. The number of amides is 1. The summed E-state index contributed by atoms with van der Waals surface area (Å²) in [7, 11) is 1.92. The molecule has 2 aromatic heterocycles. The standard InChI is InChI=1S/C20H20N4OS/c1-3-24-17-7-5-4-6-15(17)16-12-14(8-9-18(16)24)22-19(25)13-26-20-21-10-11-23(20)2/h4-12H,3,13H2,1-2H3,(H,22,25). The zero-order valence-electron chi connectivity index (χ0n) is 14.8. The molecule has 26 heavy (non-hydrogen) atoms. The van der Waals surface area contributed by atoms with Crippen LogP contribution < -0.4 is 5.32 Å². The lowest BCUT2D eigenvalue weighted by Gasteiger charge is -2.07. The van der Waals surface area contributed by atoms with Gasteiger partial charge in [-0.3, -0.25) is 4.79 Å². The van der Waals surface area contributed by atoms with Crippen LogP contribution in [0.1, 0.15) is 6.92 Å². The Morgan fingerprint density at radius 3 is 2.73 bits per heavy atom. The Morgan fingerprint density at radius 2 is 1.96 bits per heavy atom. The number of nitrogens with zero attached hydrogens (tertiary/aromatic N) is 3. The number of hydrogen-bond acceptors (Lipinski definition) is 3. The van der Waals surface area contributed by atoms with Crippen molar-refractivity contribution in [3.05, 3.63) is 54.9 Å². The number of benzene rings is 2. The van der Waals surface area contributed by atoms with Gasteiger partial charge >= 0.3 is 0 Å². The molecule has 0 fully saturated rings. The topological polar surface area (TPSA) is 51.9 Å². The summed E-state index contributed by atoms with van der Waals surface area (Å²) in [4.78, 5) is 16.5. The number of fused-ring (bicyclic) bond motifs is 3. The summed E-state index contributed by atoms with van der Waals surface area (Å²) in [5.74, 6) is 0.302. The van der Waals surface area contributed by atoms with Crippen LogP contribution in [0.15, 0.2) is 60.0 Å². The molecule has 4 aromatic rings. The first-order valence-corrected chi connectivity index (χ1v) is 9.57. The van der Waals surface area contributed by atoms with Gasteiger partial charge in [-0.1, -0.05) is 30.0 Å². The molecule has 4 rings (SSSR count). The Kier molecular flexibility index (Phi) is 4.42. The van der Waals surface area contributed by atoms with E-state index in [9.17, 15) is 4.79 Å². The van der Waals surface area contributed by atoms with Gasteiger partial charge in [0.2, 0.25) is 5.91 Å². The maximum atomic E-state index is 12.3. The molecule has 132 valence electrons. The van der Waals surface area contributed by atoms with E-state index in [2.05, 4.69) is 58.2 Å². The third-order valence-corrected chi connectivity index (χ3v) is 5.54. The fraction of sp³-hybridized carbons (Fsp3) is 0.200. The number of aryl methyl sites for hydroxylation is 2. The van der Waals surface area contributed by atoms with Crippen LogP contribution in [0.5, 0.6) is 0 Å². The van der Waals surface area contributed by atoms with E-state index in [1.807, 2.05) is 23.9 Å². The number of nitrogens with one attached hydrogen (secondary N) is 1. The summed E-state index contributed by atoms with van der Waals surface area (Å²) < 4.78 is 4.21. The summed E-state index contributed by atoms with van der Waals surface area (Å²) in [5, 5.41) is 6.21. The summed E-state index contributed by atoms with van der Waals surface area (Å²) in [6, 6.07) is 14.5. The first-order valence-electron chi connectivity index (χ1n) is 8.58. The fourth-order valence-electron chi connectivity index (χ4n) is 3.29. The second-order valence-electron chi connectivity index (χ2n) is 6.15. The van der Waals surface area contributed by atoms with Crippen molar-refractivity contribution >= 4 is 45.2 Å². The molecule has 0 radical (unpaired) electrons. The highest BCUT2D eigenvalue weighted by molar-refractivity contribution is 7.99. The highest BCUT2D eigenvalue weighted by Gasteiger charge is 2.11. The molecular weight excluding hydrogens is 344 g/mol. The second kappa shape index (κ2) is 6.88. The van der Waals surface area contributed by atoms with Gasteiger partial charge in [-0.25, -0.2) is 4.98 Å². The van der Waals surface area contributed by atoms with Crippen LogP contribution in [0.2, 0.25) is 0 Å². The summed E-state index contributed by atoms with van der Waals surface area (Å²) in [6.45, 7) is 3.06. The van der Waals surface area contributed by atoms with Gasteiger partial charge in [0.05, 0.1) is 5.75 Å². The van der Waals surface area contributed by atoms with E-state index in [4.69, 9.17) is 0 Å². The molecule has 0 saturated heterocycles. The summed E-state index contributed by atoms with van der Waals surface area (Å²) >= 11 is 1.43. The van der Waals surface area contributed by atoms with E-state index in [-0.39, 0.29) is 5.91 Å². The van der Waals surface area contributed by atoms with Crippen molar-refractivity contribution in [1.29, 1.82) is 0 Å². The van der Waals surface area contributed by atoms with Crippen LogP contribution in [-0.2, 0) is 18.4 Å². The number of aromatic nitrogens is 3. The van der Waals surface area contributed by atoms with Crippen molar-refractivity contribution in [2.45, 2.75) is 18.6 Å². The van der Waals surface area contributed by atoms with Gasteiger partial charge in [0.25, 0.3) is 0 Å². The lowest BCUT2D eigenvalue weighted by molar-refractivity contribution is -0.113. The Labute approximate surface area is 156 Å². The predicted molar refractivity (Wildman–Crippen MR) is 108 cm³/mol. The molecule has 5 nitrogen and oxygen atoms in total. The largest absolute Gasteiger partial charge is 0.341 e. The number of anilines is 1. The molecule has 1 N–H and O–H groups in total. The Hall–Kier alpha value is -2.73. The average Bonchev–Trinajstić information content (AvgIpc) is 3.20. The zero-order chi connectivity index (χ0) is 18.1. The smallest absolute Gasteiger partial charge is 0.234 e. The van der Waals surface area contributed by atoms with Crippen LogP contribution in [0.25, 0.3) is 21.8 Å². The van der Waals surface area contributed by atoms with Crippen molar-refractivity contribution in [2.24, 2.45) is 7.05 Å². The van der Waals surface area contributed by atoms with E-state index in [0.29, 0.717) is 5.75 Å². The molecule has 0 bridgehead atoms. The van der Waals surface area contributed by atoms with Gasteiger partial charge in [-0.15, -0.1) is 0 Å². The number of para-hydroxylation sites is 1. The normalized spacial score (nSPS) is 11.3. The van der Waals surface area contributed by atoms with E-state index >= 15 is 0 Å². The second-order valence-corrected chi connectivity index (χ2v) is 7.09. The van der Waals surface area contributed by atoms with Crippen LogP contribution in [0.4, 0.5) is 5.69 Å². The maximum absolute atomic E-state index is 12.3. The molecular formula is C20H20N4OS. The molecule has 0 atom stereocenters. The van der Waals surface area contributed by atoms with E-state index in [1.165, 1.54) is 28.2 Å². The molecule has 6 heteroatoms. The molecule has 2 aromatic carbocycles.